The number of sulfonamides is 3. The maximum atomic E-state index is 13.2. The zero-order valence-corrected chi connectivity index (χ0v) is 19.8. The first kappa shape index (κ1) is 24.3. The Bertz CT molecular complexity index is 1530. The number of hydrogen-bond donors (Lipinski definition) is 5. The van der Waals surface area contributed by atoms with Crippen molar-refractivity contribution in [2.24, 2.45) is 10.3 Å². The van der Waals surface area contributed by atoms with E-state index in [-0.39, 0.29) is 21.8 Å². The second kappa shape index (κ2) is 8.77. The predicted octanol–water partition coefficient (Wildman–Crippen LogP) is -1.53. The van der Waals surface area contributed by atoms with Gasteiger partial charge in [-0.3, -0.25) is 0 Å². The Morgan fingerprint density at radius 3 is 2.18 bits per heavy atom. The van der Waals surface area contributed by atoms with E-state index in [2.05, 4.69) is 30.7 Å². The zero-order chi connectivity index (χ0) is 24.7. The molecular formula is C17H20N8O6S3. The minimum absolute atomic E-state index is 0.158. The van der Waals surface area contributed by atoms with Gasteiger partial charge in [0.25, 0.3) is 0 Å². The number of nitrogens with two attached hydrogens (primary N) is 2. The average Bonchev–Trinajstić information content (AvgIpc) is 3.45. The fourth-order valence-corrected chi connectivity index (χ4v) is 7.05. The number of nitrogens with zero attached hydrogens (tertiary/aromatic N) is 3. The van der Waals surface area contributed by atoms with E-state index in [9.17, 15) is 25.3 Å². The predicted molar refractivity (Wildman–Crippen MR) is 119 cm³/mol. The van der Waals surface area contributed by atoms with Gasteiger partial charge in [-0.2, -0.15) is 0 Å². The largest absolute Gasteiger partial charge is 0.315 e. The van der Waals surface area contributed by atoms with E-state index >= 15 is 0 Å². The minimum Gasteiger partial charge on any atom is -0.315 e. The molecule has 34 heavy (non-hydrogen) atoms. The number of aromatic nitrogens is 4. The SMILES string of the molecule is NS(=O)(=O)c1ccc(-c2ccc(S(=O)(=O)NC3CCNC3)c(S(N)(=O)=O)c2-c2nnn[nH]2)cc1. The van der Waals surface area contributed by atoms with Crippen LogP contribution in [0.2, 0.25) is 0 Å². The Morgan fingerprint density at radius 1 is 0.941 bits per heavy atom. The minimum atomic E-state index is -4.64. The third-order valence-corrected chi connectivity index (χ3v) is 8.77. The molecule has 14 nitrogen and oxygen atoms in total. The molecule has 0 amide bonds. The van der Waals surface area contributed by atoms with Gasteiger partial charge in [0, 0.05) is 18.2 Å². The van der Waals surface area contributed by atoms with Crippen LogP contribution >= 0.6 is 0 Å². The standard InChI is InChI=1S/C17H20N8O6S3/c18-32(26,27)12-3-1-10(2-4-12)13-5-6-14(34(30,31)23-11-7-8-20-9-11)16(33(19,28)29)15(13)17-21-24-25-22-17/h1-6,11,20,23H,7-9H2,(H2,18,26,27)(H2,19,28,29)(H,21,22,24,25). The van der Waals surface area contributed by atoms with Crippen molar-refractivity contribution in [1.82, 2.24) is 30.7 Å². The number of H-pyrrole nitrogens is 1. The maximum absolute atomic E-state index is 13.2. The van der Waals surface area contributed by atoms with Crippen molar-refractivity contribution in [1.29, 1.82) is 0 Å². The second-order valence-electron chi connectivity index (χ2n) is 7.49. The molecule has 0 spiro atoms. The number of nitrogens with one attached hydrogen (secondary N) is 3. The van der Waals surface area contributed by atoms with Gasteiger partial charge in [0.2, 0.25) is 30.1 Å². The molecule has 1 unspecified atom stereocenters. The maximum Gasteiger partial charge on any atom is 0.242 e. The number of tetrazole rings is 1. The summed E-state index contributed by atoms with van der Waals surface area (Å²) in [5.74, 6) is -0.158. The number of rotatable bonds is 7. The summed E-state index contributed by atoms with van der Waals surface area (Å²) >= 11 is 0. The molecule has 1 fully saturated rings. The zero-order valence-electron chi connectivity index (χ0n) is 17.3. The molecule has 17 heteroatoms. The second-order valence-corrected chi connectivity index (χ2v) is 12.2. The Morgan fingerprint density at radius 2 is 1.65 bits per heavy atom. The molecule has 4 rings (SSSR count). The first-order chi connectivity index (χ1) is 15.9. The lowest BCUT2D eigenvalue weighted by atomic mass is 9.99. The van der Waals surface area contributed by atoms with Gasteiger partial charge in [-0.15, -0.1) is 5.10 Å². The molecule has 0 saturated carbocycles. The summed E-state index contributed by atoms with van der Waals surface area (Å²) in [6.07, 6.45) is 0.525. The third-order valence-electron chi connectivity index (χ3n) is 5.15. The molecule has 1 aliphatic heterocycles. The van der Waals surface area contributed by atoms with E-state index < -0.39 is 45.9 Å². The molecule has 0 radical (unpaired) electrons. The van der Waals surface area contributed by atoms with Crippen LogP contribution in [-0.4, -0.2) is 65.0 Å². The number of aromatic amines is 1. The van der Waals surface area contributed by atoms with E-state index in [1.807, 2.05) is 0 Å². The number of primary sulfonamides is 2. The van der Waals surface area contributed by atoms with Crippen molar-refractivity contribution in [3.05, 3.63) is 36.4 Å². The van der Waals surface area contributed by atoms with Crippen molar-refractivity contribution >= 4 is 30.1 Å². The van der Waals surface area contributed by atoms with Gasteiger partial charge < -0.3 is 5.32 Å². The molecule has 1 aromatic heterocycles. The van der Waals surface area contributed by atoms with Gasteiger partial charge in [0.1, 0.15) is 9.79 Å². The highest BCUT2D eigenvalue weighted by Gasteiger charge is 2.33. The molecule has 2 aromatic carbocycles. The Kier molecular flexibility index (Phi) is 6.27. The molecule has 0 aliphatic carbocycles. The van der Waals surface area contributed by atoms with Crippen LogP contribution in [0.1, 0.15) is 6.42 Å². The highest BCUT2D eigenvalue weighted by molar-refractivity contribution is 7.92. The van der Waals surface area contributed by atoms with Crippen LogP contribution in [0.5, 0.6) is 0 Å². The lowest BCUT2D eigenvalue weighted by Gasteiger charge is -2.18. The lowest BCUT2D eigenvalue weighted by Crippen LogP contribution is -2.37. The van der Waals surface area contributed by atoms with E-state index in [1.54, 1.807) is 0 Å². The highest BCUT2D eigenvalue weighted by Crippen LogP contribution is 2.39. The summed E-state index contributed by atoms with van der Waals surface area (Å²) in [5.41, 5.74) is 0.328. The summed E-state index contributed by atoms with van der Waals surface area (Å²) in [7, 11) is -12.9. The molecule has 1 aliphatic rings. The Balaban J connectivity index is 1.98. The molecule has 1 atom stereocenters. The first-order valence-corrected chi connectivity index (χ1v) is 14.3. The molecule has 2 heterocycles. The van der Waals surface area contributed by atoms with E-state index in [1.165, 1.54) is 30.3 Å². The van der Waals surface area contributed by atoms with Crippen LogP contribution in [-0.2, 0) is 30.1 Å². The van der Waals surface area contributed by atoms with Crippen LogP contribution in [0.25, 0.3) is 22.5 Å². The van der Waals surface area contributed by atoms with Crippen molar-refractivity contribution < 1.29 is 25.3 Å². The monoisotopic (exact) mass is 528 g/mol. The summed E-state index contributed by atoms with van der Waals surface area (Å²) in [5, 5.41) is 26.7. The topological polar surface area (TPSA) is 233 Å². The number of benzene rings is 2. The van der Waals surface area contributed by atoms with Crippen LogP contribution in [0.15, 0.2) is 51.1 Å². The van der Waals surface area contributed by atoms with Crippen LogP contribution in [0, 0.1) is 0 Å². The van der Waals surface area contributed by atoms with Crippen molar-refractivity contribution in [3.8, 4) is 22.5 Å². The van der Waals surface area contributed by atoms with Gasteiger partial charge in [0.15, 0.2) is 5.82 Å². The van der Waals surface area contributed by atoms with Crippen molar-refractivity contribution in [2.75, 3.05) is 13.1 Å². The lowest BCUT2D eigenvalue weighted by molar-refractivity contribution is 0.555. The summed E-state index contributed by atoms with van der Waals surface area (Å²) in [6.45, 7) is 0.995. The molecule has 0 bridgehead atoms. The Labute approximate surface area is 195 Å². The summed E-state index contributed by atoms with van der Waals surface area (Å²) < 4.78 is 77.5. The quantitative estimate of drug-likeness (QED) is 0.237. The fraction of sp³-hybridized carbons (Fsp3) is 0.235. The van der Waals surface area contributed by atoms with Crippen LogP contribution < -0.4 is 20.3 Å². The smallest absolute Gasteiger partial charge is 0.242 e. The number of hydrogen-bond acceptors (Lipinski definition) is 10. The molecule has 1 saturated heterocycles. The highest BCUT2D eigenvalue weighted by atomic mass is 32.2. The Hall–Kier alpha value is -2.80. The van der Waals surface area contributed by atoms with Crippen molar-refractivity contribution in [3.63, 3.8) is 0 Å². The van der Waals surface area contributed by atoms with Crippen molar-refractivity contribution in [2.45, 2.75) is 27.1 Å². The summed E-state index contributed by atoms with van der Waals surface area (Å²) in [6, 6.07) is 7.25. The molecular weight excluding hydrogens is 508 g/mol. The van der Waals surface area contributed by atoms with Gasteiger partial charge >= 0.3 is 0 Å². The normalized spacial score (nSPS) is 17.2. The third kappa shape index (κ3) is 4.85. The van der Waals surface area contributed by atoms with Gasteiger partial charge in [0.05, 0.1) is 4.90 Å². The van der Waals surface area contributed by atoms with Gasteiger partial charge in [-0.1, -0.05) is 18.2 Å². The average molecular weight is 529 g/mol. The van der Waals surface area contributed by atoms with E-state index in [0.717, 1.165) is 6.07 Å². The molecule has 7 N–H and O–H groups in total. The van der Waals surface area contributed by atoms with Gasteiger partial charge in [-0.05, 0) is 52.7 Å². The van der Waals surface area contributed by atoms with Crippen LogP contribution in [0.3, 0.4) is 0 Å². The van der Waals surface area contributed by atoms with Crippen LogP contribution in [0.4, 0.5) is 0 Å². The van der Waals surface area contributed by atoms with Gasteiger partial charge in [-0.25, -0.2) is 45.4 Å². The molecule has 3 aromatic rings. The fourth-order valence-electron chi connectivity index (χ4n) is 3.66. The summed E-state index contributed by atoms with van der Waals surface area (Å²) in [4.78, 5) is -1.45. The van der Waals surface area contributed by atoms with E-state index in [4.69, 9.17) is 10.3 Å². The first-order valence-electron chi connectivity index (χ1n) is 9.68. The van der Waals surface area contributed by atoms with E-state index in [0.29, 0.717) is 25.1 Å². The molecule has 182 valence electrons.